The number of nitrogens with zero attached hydrogens (tertiary/aromatic N) is 1. The summed E-state index contributed by atoms with van der Waals surface area (Å²) in [7, 11) is -4.33. The third-order valence-electron chi connectivity index (χ3n) is 2.24. The Bertz CT molecular complexity index is 500. The molecule has 0 bridgehead atoms. The molecule has 0 aromatic carbocycles. The number of aromatic nitrogens is 1. The first-order valence-corrected chi connectivity index (χ1v) is 8.39. The predicted molar refractivity (Wildman–Crippen MR) is 68.9 cm³/mol. The summed E-state index contributed by atoms with van der Waals surface area (Å²) in [6.45, 7) is 1.60. The van der Waals surface area contributed by atoms with Crippen molar-refractivity contribution in [2.24, 2.45) is 0 Å². The summed E-state index contributed by atoms with van der Waals surface area (Å²) in [6.07, 6.45) is 1.88. The van der Waals surface area contributed by atoms with Crippen LogP contribution in [0.25, 0.3) is 0 Å². The molecule has 1 atom stereocenters. The van der Waals surface area contributed by atoms with E-state index < -0.39 is 20.6 Å². The first-order valence-electron chi connectivity index (χ1n) is 5.25. The molecule has 0 radical (unpaired) electrons. The summed E-state index contributed by atoms with van der Waals surface area (Å²) in [4.78, 5) is 3.94. The molecular formula is C10H16N2O3S2. The van der Waals surface area contributed by atoms with Crippen molar-refractivity contribution in [3.8, 4) is 0 Å². The molecule has 0 spiro atoms. The summed E-state index contributed by atoms with van der Waals surface area (Å²) in [5, 5.41) is 0.335. The van der Waals surface area contributed by atoms with Crippen molar-refractivity contribution in [1.82, 2.24) is 4.98 Å². The summed E-state index contributed by atoms with van der Waals surface area (Å²) >= 11 is 0. The Morgan fingerprint density at radius 3 is 2.76 bits per heavy atom. The van der Waals surface area contributed by atoms with Crippen molar-refractivity contribution in [1.29, 1.82) is 0 Å². The normalized spacial score (nSPS) is 13.5. The monoisotopic (exact) mass is 276 g/mol. The van der Waals surface area contributed by atoms with Gasteiger partial charge in [0, 0.05) is 17.7 Å². The minimum atomic E-state index is -2.99. The molecule has 17 heavy (non-hydrogen) atoms. The average Bonchev–Trinajstić information content (AvgIpc) is 2.29. The Morgan fingerprint density at radius 1 is 1.47 bits per heavy atom. The Morgan fingerprint density at radius 2 is 2.18 bits per heavy atom. The highest BCUT2D eigenvalue weighted by atomic mass is 32.2. The lowest BCUT2D eigenvalue weighted by Crippen LogP contribution is -2.12. The van der Waals surface area contributed by atoms with Gasteiger partial charge in [0.15, 0.2) is 0 Å². The maximum absolute atomic E-state index is 11.8. The van der Waals surface area contributed by atoms with E-state index in [9.17, 15) is 12.6 Å². The minimum Gasteiger partial charge on any atom is -0.396 e. The van der Waals surface area contributed by atoms with Crippen LogP contribution in [0.1, 0.15) is 13.3 Å². The molecule has 5 nitrogen and oxygen atoms in total. The van der Waals surface area contributed by atoms with E-state index in [1.807, 2.05) is 0 Å². The number of sulfone groups is 1. The van der Waals surface area contributed by atoms with Gasteiger partial charge in [-0.3, -0.25) is 4.21 Å². The van der Waals surface area contributed by atoms with Crippen LogP contribution in [0.2, 0.25) is 0 Å². The van der Waals surface area contributed by atoms with Crippen molar-refractivity contribution in [3.63, 3.8) is 0 Å². The van der Waals surface area contributed by atoms with E-state index in [2.05, 4.69) is 4.98 Å². The second kappa shape index (κ2) is 6.11. The van der Waals surface area contributed by atoms with Crippen LogP contribution in [0.5, 0.6) is 0 Å². The highest BCUT2D eigenvalue weighted by Gasteiger charge is 2.12. The molecule has 1 aromatic rings. The van der Waals surface area contributed by atoms with Gasteiger partial charge in [-0.1, -0.05) is 6.92 Å². The lowest BCUT2D eigenvalue weighted by Gasteiger charge is -2.04. The summed E-state index contributed by atoms with van der Waals surface area (Å²) < 4.78 is 34.3. The molecule has 0 saturated carbocycles. The minimum absolute atomic E-state index is 0.0575. The van der Waals surface area contributed by atoms with Crippen molar-refractivity contribution in [2.75, 3.05) is 23.0 Å². The van der Waals surface area contributed by atoms with Crippen LogP contribution in [0.3, 0.4) is 0 Å². The van der Waals surface area contributed by atoms with Gasteiger partial charge in [0.1, 0.15) is 14.9 Å². The molecule has 96 valence electrons. The Balaban J connectivity index is 2.55. The third-order valence-corrected chi connectivity index (χ3v) is 5.46. The highest BCUT2D eigenvalue weighted by molar-refractivity contribution is 7.91. The molecule has 1 unspecified atom stereocenters. The number of hydrogen-bond donors (Lipinski definition) is 1. The van der Waals surface area contributed by atoms with Gasteiger partial charge in [0.25, 0.3) is 0 Å². The second-order valence-electron chi connectivity index (χ2n) is 3.54. The summed E-state index contributed by atoms with van der Waals surface area (Å²) in [5.41, 5.74) is 6.01. The van der Waals surface area contributed by atoms with Crippen molar-refractivity contribution >= 4 is 26.3 Å². The maximum atomic E-state index is 11.8. The van der Waals surface area contributed by atoms with Crippen LogP contribution in [0, 0.1) is 0 Å². The fourth-order valence-corrected chi connectivity index (χ4v) is 3.41. The number of rotatable bonds is 6. The van der Waals surface area contributed by atoms with Gasteiger partial charge in [0.05, 0.1) is 22.2 Å². The third kappa shape index (κ3) is 4.43. The van der Waals surface area contributed by atoms with Gasteiger partial charge in [-0.25, -0.2) is 13.4 Å². The zero-order valence-electron chi connectivity index (χ0n) is 9.63. The zero-order chi connectivity index (χ0) is 12.9. The zero-order valence-corrected chi connectivity index (χ0v) is 11.3. The number of hydrogen-bond acceptors (Lipinski definition) is 5. The smallest absolute Gasteiger partial charge is 0.150 e. The molecule has 0 aliphatic rings. The van der Waals surface area contributed by atoms with E-state index in [-0.39, 0.29) is 17.3 Å². The van der Waals surface area contributed by atoms with E-state index in [1.165, 1.54) is 6.20 Å². The SMILES string of the molecule is CCS(=O)(=O)CCCS(=O)c1ncccc1N. The van der Waals surface area contributed by atoms with E-state index in [1.54, 1.807) is 19.1 Å². The topological polar surface area (TPSA) is 90.1 Å². The number of nitrogen functional groups attached to an aromatic ring is 1. The van der Waals surface area contributed by atoms with Gasteiger partial charge in [-0.05, 0) is 18.6 Å². The quantitative estimate of drug-likeness (QED) is 0.821. The second-order valence-corrected chi connectivity index (χ2v) is 7.50. The Kier molecular flexibility index (Phi) is 5.07. The van der Waals surface area contributed by atoms with Crippen LogP contribution < -0.4 is 5.73 Å². The van der Waals surface area contributed by atoms with Crippen LogP contribution in [0.4, 0.5) is 5.69 Å². The van der Waals surface area contributed by atoms with E-state index in [0.29, 0.717) is 17.1 Å². The average molecular weight is 276 g/mol. The first-order chi connectivity index (χ1) is 7.96. The van der Waals surface area contributed by atoms with Crippen LogP contribution >= 0.6 is 0 Å². The highest BCUT2D eigenvalue weighted by Crippen LogP contribution is 2.13. The number of anilines is 1. The number of pyridine rings is 1. The van der Waals surface area contributed by atoms with Crippen LogP contribution in [-0.4, -0.2) is 34.9 Å². The van der Waals surface area contributed by atoms with Crippen molar-refractivity contribution < 1.29 is 12.6 Å². The molecule has 1 heterocycles. The first kappa shape index (κ1) is 14.1. The standard InChI is InChI=1S/C10H16N2O3S2/c1-2-17(14,15)8-4-7-16(13)10-9(11)5-3-6-12-10/h3,5-6H,2,4,7-8,11H2,1H3. The molecule has 1 aromatic heterocycles. The fraction of sp³-hybridized carbons (Fsp3) is 0.500. The van der Waals surface area contributed by atoms with Crippen LogP contribution in [-0.2, 0) is 20.6 Å². The molecule has 0 aliphatic heterocycles. The van der Waals surface area contributed by atoms with E-state index >= 15 is 0 Å². The molecule has 0 fully saturated rings. The molecule has 0 amide bonds. The van der Waals surface area contributed by atoms with Gasteiger partial charge in [-0.15, -0.1) is 0 Å². The lowest BCUT2D eigenvalue weighted by molar-refractivity contribution is 0.596. The Hall–Kier alpha value is -0.950. The van der Waals surface area contributed by atoms with E-state index in [0.717, 1.165) is 0 Å². The largest absolute Gasteiger partial charge is 0.396 e. The number of nitrogens with two attached hydrogens (primary N) is 1. The lowest BCUT2D eigenvalue weighted by atomic mass is 10.4. The van der Waals surface area contributed by atoms with Crippen molar-refractivity contribution in [3.05, 3.63) is 18.3 Å². The van der Waals surface area contributed by atoms with Gasteiger partial charge in [0.2, 0.25) is 0 Å². The van der Waals surface area contributed by atoms with Crippen LogP contribution in [0.15, 0.2) is 23.4 Å². The van der Waals surface area contributed by atoms with E-state index in [4.69, 9.17) is 5.73 Å². The van der Waals surface area contributed by atoms with Crippen molar-refractivity contribution in [2.45, 2.75) is 18.4 Å². The molecular weight excluding hydrogens is 260 g/mol. The molecule has 1 rings (SSSR count). The molecule has 2 N–H and O–H groups in total. The molecule has 0 aliphatic carbocycles. The molecule has 0 saturated heterocycles. The van der Waals surface area contributed by atoms with Gasteiger partial charge in [-0.2, -0.15) is 0 Å². The fourth-order valence-electron chi connectivity index (χ4n) is 1.24. The van der Waals surface area contributed by atoms with Gasteiger partial charge >= 0.3 is 0 Å². The van der Waals surface area contributed by atoms with Gasteiger partial charge < -0.3 is 5.73 Å². The molecule has 7 heteroatoms. The maximum Gasteiger partial charge on any atom is 0.150 e. The predicted octanol–water partition coefficient (Wildman–Crippen LogP) is 0.596. The Labute approximate surface area is 104 Å². The summed E-state index contributed by atoms with van der Waals surface area (Å²) in [5.74, 6) is 0.438. The summed E-state index contributed by atoms with van der Waals surface area (Å²) in [6, 6.07) is 3.29.